The molecule has 0 aromatic heterocycles. The third kappa shape index (κ3) is 10.1. The van der Waals surface area contributed by atoms with Crippen molar-refractivity contribution in [1.29, 1.82) is 0 Å². The largest absolute Gasteiger partial charge is 0.214 e. The van der Waals surface area contributed by atoms with Crippen LogP contribution in [0.2, 0.25) is 0 Å². The Morgan fingerprint density at radius 1 is 0.580 bits per heavy atom. The number of fused-ring (bicyclic) bond motifs is 3. The normalized spacial score (nSPS) is 11.8. The van der Waals surface area contributed by atoms with Crippen LogP contribution in [0, 0.1) is 13.8 Å². The smallest absolute Gasteiger partial charge is 0.0142 e. The summed E-state index contributed by atoms with van der Waals surface area (Å²) in [5, 5.41) is 5.55. The molecule has 0 bridgehead atoms. The second kappa shape index (κ2) is 16.8. The van der Waals surface area contributed by atoms with Crippen molar-refractivity contribution in [3.8, 4) is 0 Å². The zero-order valence-electron chi connectivity index (χ0n) is 32.3. The standard InChI is InChI=1S/C23H29.C19H22.C5H5.2ClH.Zr/c1-14-9-16-11-17-10-15(2)21(23(6,7)8)13-19(17)18(16)12-20(14)22(3,4)5;1-14(2)18-9-5-16(6-10-18)13-17-7-11-19(12-8-17)15(3)4;1-2-4-5-3-1;;;/h9-13H,1-8H3;5-12,14-15H,1-4H3;1-5H;2*1H;/q-1;;-1;;;+2/p-2. The van der Waals surface area contributed by atoms with Crippen molar-refractivity contribution in [2.24, 2.45) is 0 Å². The molecule has 0 unspecified atom stereocenters. The first-order chi connectivity index (χ1) is 23.4. The molecule has 0 N–H and O–H groups in total. The van der Waals surface area contributed by atoms with Crippen LogP contribution in [-0.4, -0.2) is 3.21 Å². The molecule has 0 saturated heterocycles. The van der Waals surface area contributed by atoms with Crippen molar-refractivity contribution in [1.82, 2.24) is 0 Å². The molecule has 0 aliphatic rings. The molecule has 0 spiro atoms. The zero-order valence-corrected chi connectivity index (χ0v) is 36.3. The van der Waals surface area contributed by atoms with Gasteiger partial charge in [0.25, 0.3) is 0 Å². The fourth-order valence-corrected chi connectivity index (χ4v) is 11.2. The minimum Gasteiger partial charge on any atom is -0.214 e. The molecule has 0 heterocycles. The predicted molar refractivity (Wildman–Crippen MR) is 222 cm³/mol. The van der Waals surface area contributed by atoms with Crippen LogP contribution in [-0.2, 0) is 29.7 Å². The fourth-order valence-electron chi connectivity index (χ4n) is 6.72. The van der Waals surface area contributed by atoms with Gasteiger partial charge in [0.2, 0.25) is 0 Å². The molecule has 0 aliphatic heterocycles. The van der Waals surface area contributed by atoms with E-state index in [9.17, 15) is 0 Å². The molecule has 0 nitrogen and oxygen atoms in total. The number of aryl methyl sites for hydroxylation is 2. The maximum Gasteiger partial charge on any atom is -0.0142 e. The third-order valence-electron chi connectivity index (χ3n) is 9.49. The van der Waals surface area contributed by atoms with Crippen molar-refractivity contribution in [2.45, 2.75) is 106 Å². The van der Waals surface area contributed by atoms with E-state index in [0.717, 1.165) is 3.21 Å². The Morgan fingerprint density at radius 2 is 0.940 bits per heavy atom. The third-order valence-corrected chi connectivity index (χ3v) is 14.1. The van der Waals surface area contributed by atoms with E-state index in [4.69, 9.17) is 17.0 Å². The van der Waals surface area contributed by atoms with E-state index in [1.807, 2.05) is 30.3 Å². The van der Waals surface area contributed by atoms with Crippen LogP contribution in [0.25, 0.3) is 21.5 Å². The molecular weight excluding hydrogens is 727 g/mol. The van der Waals surface area contributed by atoms with Crippen LogP contribution in [0.5, 0.6) is 0 Å². The van der Waals surface area contributed by atoms with Crippen LogP contribution >= 0.6 is 17.0 Å². The summed E-state index contributed by atoms with van der Waals surface area (Å²) >= 11 is -2.55. The van der Waals surface area contributed by atoms with Gasteiger partial charge >= 0.3 is 149 Å². The van der Waals surface area contributed by atoms with Crippen molar-refractivity contribution < 1.29 is 18.9 Å². The first-order valence-electron chi connectivity index (χ1n) is 18.0. The summed E-state index contributed by atoms with van der Waals surface area (Å²) in [6.45, 7) is 27.1. The molecule has 0 radical (unpaired) electrons. The van der Waals surface area contributed by atoms with Gasteiger partial charge in [0.05, 0.1) is 0 Å². The topological polar surface area (TPSA) is 0 Å². The van der Waals surface area contributed by atoms with Gasteiger partial charge in [0, 0.05) is 0 Å². The predicted octanol–water partition coefficient (Wildman–Crippen LogP) is 14.8. The van der Waals surface area contributed by atoms with Crippen molar-refractivity contribution in [3.05, 3.63) is 154 Å². The number of hydrogen-bond acceptors (Lipinski definition) is 0. The molecule has 264 valence electrons. The van der Waals surface area contributed by atoms with Crippen LogP contribution < -0.4 is 0 Å². The summed E-state index contributed by atoms with van der Waals surface area (Å²) in [6, 6.07) is 39.3. The van der Waals surface area contributed by atoms with E-state index in [1.165, 1.54) is 66.1 Å². The van der Waals surface area contributed by atoms with Gasteiger partial charge in [0.15, 0.2) is 0 Å². The van der Waals surface area contributed by atoms with E-state index >= 15 is 0 Å². The van der Waals surface area contributed by atoms with Gasteiger partial charge in [-0.05, 0) is 24.7 Å². The fraction of sp³-hybridized carbons (Fsp3) is 0.340. The summed E-state index contributed by atoms with van der Waals surface area (Å²) in [7, 11) is 12.9. The number of benzene rings is 4. The van der Waals surface area contributed by atoms with Crippen LogP contribution in [0.3, 0.4) is 0 Å². The van der Waals surface area contributed by atoms with Crippen molar-refractivity contribution in [3.63, 3.8) is 0 Å². The maximum absolute atomic E-state index is 6.44. The van der Waals surface area contributed by atoms with E-state index in [0.29, 0.717) is 11.8 Å². The van der Waals surface area contributed by atoms with Crippen molar-refractivity contribution in [2.75, 3.05) is 0 Å². The molecule has 6 aromatic rings. The summed E-state index contributed by atoms with van der Waals surface area (Å²) in [5.74, 6) is 1.07. The van der Waals surface area contributed by atoms with E-state index in [1.54, 1.807) is 0 Å². The summed E-state index contributed by atoms with van der Waals surface area (Å²) < 4.78 is 1.16. The molecule has 0 saturated carbocycles. The average Bonchev–Trinajstić information content (AvgIpc) is 3.72. The Kier molecular flexibility index (Phi) is 13.5. The van der Waals surface area contributed by atoms with Gasteiger partial charge in [-0.2, -0.15) is 18.2 Å². The zero-order chi connectivity index (χ0) is 37.0. The van der Waals surface area contributed by atoms with Crippen LogP contribution in [0.4, 0.5) is 0 Å². The van der Waals surface area contributed by atoms with Gasteiger partial charge in [-0.15, -0.1) is 39.7 Å². The molecule has 6 rings (SSSR count). The van der Waals surface area contributed by atoms with E-state index in [-0.39, 0.29) is 10.8 Å². The van der Waals surface area contributed by atoms with Gasteiger partial charge in [-0.25, -0.2) is 12.1 Å². The van der Waals surface area contributed by atoms with Crippen molar-refractivity contribution >= 4 is 41.8 Å². The molecule has 0 aliphatic carbocycles. The number of rotatable bonds is 4. The second-order valence-electron chi connectivity index (χ2n) is 16.3. The maximum atomic E-state index is 6.44. The molecular formula is C47H56Cl2Zr-2. The quantitative estimate of drug-likeness (QED) is 0.156. The summed E-state index contributed by atoms with van der Waals surface area (Å²) in [6.07, 6.45) is 0. The van der Waals surface area contributed by atoms with Gasteiger partial charge in [-0.3, -0.25) is 0 Å². The Morgan fingerprint density at radius 3 is 1.20 bits per heavy atom. The average molecular weight is 783 g/mol. The van der Waals surface area contributed by atoms with E-state index in [2.05, 4.69) is 162 Å². The molecule has 0 atom stereocenters. The number of halogens is 2. The van der Waals surface area contributed by atoms with Gasteiger partial charge in [0.1, 0.15) is 0 Å². The Balaban J connectivity index is 0.000000197. The second-order valence-corrected chi connectivity index (χ2v) is 24.4. The van der Waals surface area contributed by atoms with Crippen LogP contribution in [0.15, 0.2) is 109 Å². The summed E-state index contributed by atoms with van der Waals surface area (Å²) in [4.78, 5) is 0. The molecule has 6 aromatic carbocycles. The van der Waals surface area contributed by atoms with Crippen LogP contribution in [0.1, 0.15) is 126 Å². The SMILES string of the molecule is CC(C)c1ccc([C](c2ccc(C(C)C)cc2)=[Zr]([Cl])[Cl])cc1.Cc1cc2[cH-]c3cc(C)c(C(C)(C)C)cc3c2cc1C(C)(C)C.c1cc[cH-]c1. The Labute approximate surface area is 317 Å². The monoisotopic (exact) mass is 780 g/mol. The van der Waals surface area contributed by atoms with Gasteiger partial charge < -0.3 is 0 Å². The minimum absolute atomic E-state index is 0.180. The first kappa shape index (κ1) is 40.2. The molecule has 0 fully saturated rings. The Bertz CT molecular complexity index is 1870. The molecule has 50 heavy (non-hydrogen) atoms. The molecule has 3 heteroatoms. The number of hydrogen-bond donors (Lipinski definition) is 0. The summed E-state index contributed by atoms with van der Waals surface area (Å²) in [5.41, 5.74) is 11.1. The Hall–Kier alpha value is -2.57. The molecule has 0 amide bonds. The van der Waals surface area contributed by atoms with Gasteiger partial charge in [-0.1, -0.05) is 75.9 Å². The van der Waals surface area contributed by atoms with E-state index < -0.39 is 18.9 Å². The minimum atomic E-state index is -2.55. The first-order valence-corrected chi connectivity index (χ1v) is 25.5.